The minimum atomic E-state index is -0.802. The number of fused-ring (bicyclic) bond motifs is 1. The highest BCUT2D eigenvalue weighted by Gasteiger charge is 2.27. The van der Waals surface area contributed by atoms with E-state index in [4.69, 9.17) is 0 Å². The second kappa shape index (κ2) is 10.2. The van der Waals surface area contributed by atoms with Crippen LogP contribution in [0.25, 0.3) is 10.9 Å². The summed E-state index contributed by atoms with van der Waals surface area (Å²) in [4.78, 5) is 41.1. The molecule has 2 aromatic carbocycles. The van der Waals surface area contributed by atoms with E-state index in [-0.39, 0.29) is 29.8 Å². The Labute approximate surface area is 186 Å². The number of aromatic nitrogens is 1. The fourth-order valence-corrected chi connectivity index (χ4v) is 3.56. The number of Topliss-reactive ketones (excluding diaryl/α,β-unsaturated/α-hetero) is 1. The number of carbonyl (C=O) groups is 3. The molecule has 0 aliphatic heterocycles. The molecule has 32 heavy (non-hydrogen) atoms. The summed E-state index contributed by atoms with van der Waals surface area (Å²) in [5, 5.41) is 6.46. The van der Waals surface area contributed by atoms with Gasteiger partial charge in [-0.3, -0.25) is 14.4 Å². The normalized spacial score (nSPS) is 13.0. The minimum Gasteiger partial charge on any atom is -0.351 e. The summed E-state index contributed by atoms with van der Waals surface area (Å²) in [6, 6.07) is 13.5. The van der Waals surface area contributed by atoms with Crippen molar-refractivity contribution in [1.29, 1.82) is 0 Å². The van der Waals surface area contributed by atoms with Crippen LogP contribution in [0, 0.1) is 11.7 Å². The Morgan fingerprint density at radius 1 is 0.969 bits per heavy atom. The summed E-state index contributed by atoms with van der Waals surface area (Å²) in [6.45, 7) is 5.31. The summed E-state index contributed by atoms with van der Waals surface area (Å²) in [6.07, 6.45) is 0.657. The van der Waals surface area contributed by atoms with E-state index >= 15 is 0 Å². The van der Waals surface area contributed by atoms with Crippen LogP contribution in [0.5, 0.6) is 0 Å². The van der Waals surface area contributed by atoms with Crippen molar-refractivity contribution in [2.24, 2.45) is 5.92 Å². The van der Waals surface area contributed by atoms with Gasteiger partial charge in [-0.15, -0.1) is 0 Å². The molecule has 6 nitrogen and oxygen atoms in total. The average molecular weight is 438 g/mol. The average Bonchev–Trinajstić information content (AvgIpc) is 3.18. The number of hydrogen-bond donors (Lipinski definition) is 3. The van der Waals surface area contributed by atoms with E-state index in [1.54, 1.807) is 18.2 Å². The number of aromatic amines is 1. The highest BCUT2D eigenvalue weighted by Crippen LogP contribution is 2.15. The van der Waals surface area contributed by atoms with Crippen molar-refractivity contribution in [3.05, 3.63) is 71.7 Å². The molecule has 0 aliphatic rings. The van der Waals surface area contributed by atoms with Crippen molar-refractivity contribution in [1.82, 2.24) is 15.6 Å². The quantitative estimate of drug-likeness (QED) is 0.476. The molecule has 0 spiro atoms. The van der Waals surface area contributed by atoms with Crippen LogP contribution in [0.2, 0.25) is 0 Å². The van der Waals surface area contributed by atoms with Crippen molar-refractivity contribution in [3.8, 4) is 0 Å². The number of H-pyrrole nitrogens is 1. The predicted molar refractivity (Wildman–Crippen MR) is 122 cm³/mol. The number of amides is 2. The van der Waals surface area contributed by atoms with E-state index < -0.39 is 18.0 Å². The van der Waals surface area contributed by atoms with Crippen LogP contribution in [0.3, 0.4) is 0 Å². The summed E-state index contributed by atoms with van der Waals surface area (Å²) >= 11 is 0. The molecule has 3 N–H and O–H groups in total. The van der Waals surface area contributed by atoms with Crippen LogP contribution in [0.1, 0.15) is 43.2 Å². The van der Waals surface area contributed by atoms with Crippen molar-refractivity contribution in [2.45, 2.75) is 45.7 Å². The molecule has 0 saturated carbocycles. The number of carbonyl (C=O) groups excluding carboxylic acids is 3. The number of nitrogens with one attached hydrogen (secondary N) is 3. The predicted octanol–water partition coefficient (Wildman–Crippen LogP) is 3.77. The molecule has 1 unspecified atom stereocenters. The summed E-state index contributed by atoms with van der Waals surface area (Å²) < 4.78 is 13.2. The van der Waals surface area contributed by atoms with Gasteiger partial charge in [-0.2, -0.15) is 0 Å². The van der Waals surface area contributed by atoms with Crippen molar-refractivity contribution >= 4 is 28.5 Å². The van der Waals surface area contributed by atoms with Crippen molar-refractivity contribution < 1.29 is 18.8 Å². The van der Waals surface area contributed by atoms with Gasteiger partial charge < -0.3 is 15.6 Å². The standard InChI is InChI=1S/C25H28FN3O3/c1-15(2)12-22(29-25(32)23-14-18-6-4-5-7-20(18)27-23)24(31)28-21(16(3)30)13-17-8-10-19(26)11-9-17/h4-11,14-15,21-22,27H,12-13H2,1-3H3,(H,28,31)(H,29,32)/t21?,22-/m0/s1. The molecule has 7 heteroatoms. The van der Waals surface area contributed by atoms with Gasteiger partial charge in [0.2, 0.25) is 5.91 Å². The maximum absolute atomic E-state index is 13.2. The molecule has 1 heterocycles. The highest BCUT2D eigenvalue weighted by atomic mass is 19.1. The molecular weight excluding hydrogens is 409 g/mol. The summed E-state index contributed by atoms with van der Waals surface area (Å²) in [7, 11) is 0. The Morgan fingerprint density at radius 2 is 1.66 bits per heavy atom. The number of hydrogen-bond acceptors (Lipinski definition) is 3. The highest BCUT2D eigenvalue weighted by molar-refractivity contribution is 6.00. The number of benzene rings is 2. The van der Waals surface area contributed by atoms with Crippen molar-refractivity contribution in [3.63, 3.8) is 0 Å². The molecule has 0 fully saturated rings. The topological polar surface area (TPSA) is 91.1 Å². The van der Waals surface area contributed by atoms with Gasteiger partial charge in [-0.25, -0.2) is 4.39 Å². The molecule has 2 atom stereocenters. The van der Waals surface area contributed by atoms with Gasteiger partial charge in [0.1, 0.15) is 17.6 Å². The van der Waals surface area contributed by atoms with Crippen molar-refractivity contribution in [2.75, 3.05) is 0 Å². The van der Waals surface area contributed by atoms with Crippen LogP contribution in [0.4, 0.5) is 4.39 Å². The van der Waals surface area contributed by atoms with E-state index in [9.17, 15) is 18.8 Å². The fourth-order valence-electron chi connectivity index (χ4n) is 3.56. The van der Waals surface area contributed by atoms with Gasteiger partial charge in [-0.05, 0) is 55.5 Å². The number of para-hydroxylation sites is 1. The second-order valence-electron chi connectivity index (χ2n) is 8.43. The molecule has 168 valence electrons. The third kappa shape index (κ3) is 6.03. The third-order valence-corrected chi connectivity index (χ3v) is 5.26. The zero-order valence-electron chi connectivity index (χ0n) is 18.4. The van der Waals surface area contributed by atoms with Crippen LogP contribution in [-0.4, -0.2) is 34.7 Å². The Balaban J connectivity index is 1.72. The molecule has 0 saturated heterocycles. The number of halogens is 1. The van der Waals surface area contributed by atoms with Gasteiger partial charge in [0.25, 0.3) is 5.91 Å². The van der Waals surface area contributed by atoms with Crippen LogP contribution in [-0.2, 0) is 16.0 Å². The Bertz CT molecular complexity index is 1070. The van der Waals surface area contributed by atoms with Crippen LogP contribution in [0.15, 0.2) is 54.6 Å². The first-order valence-corrected chi connectivity index (χ1v) is 10.7. The fraction of sp³-hybridized carbons (Fsp3) is 0.320. The SMILES string of the molecule is CC(=O)C(Cc1ccc(F)cc1)NC(=O)[C@H](CC(C)C)NC(=O)c1cc2ccccc2[nH]1. The third-order valence-electron chi connectivity index (χ3n) is 5.26. The van der Waals surface area contributed by atoms with Gasteiger partial charge in [0.15, 0.2) is 5.78 Å². The van der Waals surface area contributed by atoms with E-state index in [0.717, 1.165) is 16.5 Å². The van der Waals surface area contributed by atoms with Crippen LogP contribution < -0.4 is 10.6 Å². The molecule has 1 aromatic heterocycles. The molecule has 3 rings (SSSR count). The molecule has 2 amide bonds. The van der Waals surface area contributed by atoms with Crippen LogP contribution >= 0.6 is 0 Å². The number of rotatable bonds is 9. The second-order valence-corrected chi connectivity index (χ2v) is 8.43. The van der Waals surface area contributed by atoms with Gasteiger partial charge in [-0.1, -0.05) is 44.2 Å². The monoisotopic (exact) mass is 437 g/mol. The molecule has 3 aromatic rings. The minimum absolute atomic E-state index is 0.140. The van der Waals surface area contributed by atoms with E-state index in [0.29, 0.717) is 12.1 Å². The first-order chi connectivity index (χ1) is 15.2. The first kappa shape index (κ1) is 23.2. The molecule has 0 aliphatic carbocycles. The lowest BCUT2D eigenvalue weighted by Gasteiger charge is -2.23. The lowest BCUT2D eigenvalue weighted by Crippen LogP contribution is -2.52. The maximum Gasteiger partial charge on any atom is 0.268 e. The summed E-state index contributed by atoms with van der Waals surface area (Å²) in [5.41, 5.74) is 1.93. The van der Waals surface area contributed by atoms with E-state index in [1.807, 2.05) is 38.1 Å². The Morgan fingerprint density at radius 3 is 2.28 bits per heavy atom. The zero-order valence-corrected chi connectivity index (χ0v) is 18.4. The zero-order chi connectivity index (χ0) is 23.3. The maximum atomic E-state index is 13.2. The Hall–Kier alpha value is -3.48. The molecular formula is C25H28FN3O3. The lowest BCUT2D eigenvalue weighted by atomic mass is 10.00. The molecule has 0 radical (unpaired) electrons. The number of ketones is 1. The van der Waals surface area contributed by atoms with Gasteiger partial charge in [0.05, 0.1) is 6.04 Å². The molecule has 0 bridgehead atoms. The first-order valence-electron chi connectivity index (χ1n) is 10.7. The smallest absolute Gasteiger partial charge is 0.268 e. The summed E-state index contributed by atoms with van der Waals surface area (Å²) in [5.74, 6) is -1.26. The Kier molecular flexibility index (Phi) is 7.41. The lowest BCUT2D eigenvalue weighted by molar-refractivity contribution is -0.128. The van der Waals surface area contributed by atoms with E-state index in [1.165, 1.54) is 19.1 Å². The van der Waals surface area contributed by atoms with Gasteiger partial charge >= 0.3 is 0 Å². The largest absolute Gasteiger partial charge is 0.351 e. The van der Waals surface area contributed by atoms with E-state index in [2.05, 4.69) is 15.6 Å². The van der Waals surface area contributed by atoms with Gasteiger partial charge in [0, 0.05) is 10.9 Å².